The van der Waals surface area contributed by atoms with Crippen LogP contribution in [0.4, 0.5) is 5.69 Å². The molecule has 0 spiro atoms. The van der Waals surface area contributed by atoms with E-state index < -0.39 is 0 Å². The fourth-order valence-electron chi connectivity index (χ4n) is 2.70. The number of aromatic amines is 1. The average Bonchev–Trinajstić information content (AvgIpc) is 2.99. The minimum Gasteiger partial charge on any atom is -0.342 e. The molecule has 0 unspecified atom stereocenters. The highest BCUT2D eigenvalue weighted by Crippen LogP contribution is 2.27. The van der Waals surface area contributed by atoms with Gasteiger partial charge in [0, 0.05) is 12.1 Å². The minimum atomic E-state index is 0.977. The van der Waals surface area contributed by atoms with Crippen LogP contribution in [0.25, 0.3) is 11.0 Å². The van der Waals surface area contributed by atoms with Crippen LogP contribution in [0.1, 0.15) is 29.4 Å². The third-order valence-electron chi connectivity index (χ3n) is 3.75. The smallest absolute Gasteiger partial charge is 0.104 e. The van der Waals surface area contributed by atoms with E-state index >= 15 is 0 Å². The first-order valence-electron chi connectivity index (χ1n) is 7.58. The van der Waals surface area contributed by atoms with E-state index in [9.17, 15) is 0 Å². The molecule has 0 amide bonds. The Labute approximate surface area is 131 Å². The molecule has 112 valence electrons. The van der Waals surface area contributed by atoms with Gasteiger partial charge in [-0.05, 0) is 62.6 Å². The molecule has 0 fully saturated rings. The molecule has 3 heteroatoms. The van der Waals surface area contributed by atoms with E-state index in [1.165, 1.54) is 28.1 Å². The van der Waals surface area contributed by atoms with Gasteiger partial charge in [-0.25, -0.2) is 4.98 Å². The van der Waals surface area contributed by atoms with Gasteiger partial charge in [-0.15, -0.1) is 0 Å². The van der Waals surface area contributed by atoms with Crippen LogP contribution in [0.3, 0.4) is 0 Å². The number of rotatable bonds is 0. The van der Waals surface area contributed by atoms with Gasteiger partial charge >= 0.3 is 0 Å². The van der Waals surface area contributed by atoms with Gasteiger partial charge in [-0.2, -0.15) is 0 Å². The second-order valence-electron chi connectivity index (χ2n) is 6.00. The van der Waals surface area contributed by atoms with Gasteiger partial charge in [0.25, 0.3) is 0 Å². The normalized spacial score (nSPS) is 12.6. The molecule has 3 aromatic rings. The van der Waals surface area contributed by atoms with E-state index in [0.717, 1.165) is 23.3 Å². The summed E-state index contributed by atoms with van der Waals surface area (Å²) in [7, 11) is 0. The van der Waals surface area contributed by atoms with E-state index in [2.05, 4.69) is 66.1 Å². The summed E-state index contributed by atoms with van der Waals surface area (Å²) in [6, 6.07) is 12.7. The Morgan fingerprint density at radius 1 is 0.909 bits per heavy atom. The molecule has 0 saturated carbocycles. The molecule has 4 rings (SSSR count). The fourth-order valence-corrected chi connectivity index (χ4v) is 2.70. The molecule has 1 aliphatic heterocycles. The molecule has 1 N–H and O–H groups in total. The summed E-state index contributed by atoms with van der Waals surface area (Å²) >= 11 is 0. The van der Waals surface area contributed by atoms with Crippen molar-refractivity contribution in [3.05, 3.63) is 58.9 Å². The molecule has 2 aromatic carbocycles. The van der Waals surface area contributed by atoms with Crippen LogP contribution in [0, 0.1) is 20.8 Å². The Morgan fingerprint density at radius 3 is 2.45 bits per heavy atom. The van der Waals surface area contributed by atoms with Crippen molar-refractivity contribution in [1.29, 1.82) is 0 Å². The topological polar surface area (TPSA) is 41.0 Å². The van der Waals surface area contributed by atoms with Crippen LogP contribution >= 0.6 is 0 Å². The van der Waals surface area contributed by atoms with Gasteiger partial charge in [-0.1, -0.05) is 18.2 Å². The number of fused-ring (bicyclic) bond motifs is 2. The molecular formula is C19H21N3. The van der Waals surface area contributed by atoms with Crippen molar-refractivity contribution >= 4 is 22.4 Å². The number of nitrogens with zero attached hydrogens (tertiary/aromatic N) is 2. The van der Waals surface area contributed by atoms with Crippen LogP contribution < -0.4 is 0 Å². The van der Waals surface area contributed by atoms with Crippen molar-refractivity contribution in [3.8, 4) is 0 Å². The molecule has 3 nitrogen and oxygen atoms in total. The lowest BCUT2D eigenvalue weighted by molar-refractivity contribution is 1.17. The zero-order valence-corrected chi connectivity index (χ0v) is 13.6. The maximum Gasteiger partial charge on any atom is 0.104 e. The number of aromatic nitrogens is 2. The molecule has 0 atom stereocenters. The summed E-state index contributed by atoms with van der Waals surface area (Å²) in [6.07, 6.45) is 1.04. The third-order valence-corrected chi connectivity index (χ3v) is 3.75. The van der Waals surface area contributed by atoms with Crippen LogP contribution in [0.5, 0.6) is 0 Å². The quantitative estimate of drug-likeness (QED) is 0.633. The maximum atomic E-state index is 4.43. The van der Waals surface area contributed by atoms with Gasteiger partial charge in [0.1, 0.15) is 5.82 Å². The number of aliphatic imine (C=N–C) groups is 1. The predicted molar refractivity (Wildman–Crippen MR) is 93.2 cm³/mol. The van der Waals surface area contributed by atoms with E-state index in [-0.39, 0.29) is 0 Å². The predicted octanol–water partition coefficient (Wildman–Crippen LogP) is 4.82. The van der Waals surface area contributed by atoms with Crippen LogP contribution in [0.15, 0.2) is 41.4 Å². The first-order chi connectivity index (χ1) is 10.5. The molecule has 2 heterocycles. The summed E-state index contributed by atoms with van der Waals surface area (Å²) in [5.74, 6) is 0.977. The first-order valence-corrected chi connectivity index (χ1v) is 7.58. The van der Waals surface area contributed by atoms with Gasteiger partial charge in [0.15, 0.2) is 0 Å². The van der Waals surface area contributed by atoms with E-state index in [1.54, 1.807) is 0 Å². The highest BCUT2D eigenvalue weighted by molar-refractivity contribution is 5.92. The lowest BCUT2D eigenvalue weighted by Crippen LogP contribution is -1.87. The first kappa shape index (κ1) is 14.5. The molecule has 1 aliphatic rings. The molecule has 0 saturated heterocycles. The van der Waals surface area contributed by atoms with Crippen LogP contribution in [-0.2, 0) is 6.42 Å². The summed E-state index contributed by atoms with van der Waals surface area (Å²) in [6.45, 7) is 8.23. The lowest BCUT2D eigenvalue weighted by Gasteiger charge is -1.96. The fraction of sp³-hybridized carbons (Fsp3) is 0.263. The minimum absolute atomic E-state index is 0.977. The molecule has 1 aromatic heterocycles. The average molecular weight is 291 g/mol. The molecule has 0 bridgehead atoms. The maximum absolute atomic E-state index is 4.43. The van der Waals surface area contributed by atoms with E-state index in [0.29, 0.717) is 0 Å². The van der Waals surface area contributed by atoms with Crippen molar-refractivity contribution in [2.24, 2.45) is 4.99 Å². The van der Waals surface area contributed by atoms with Gasteiger partial charge in [0.05, 0.1) is 16.7 Å². The van der Waals surface area contributed by atoms with Crippen molar-refractivity contribution in [2.75, 3.05) is 0 Å². The van der Waals surface area contributed by atoms with Crippen LogP contribution in [0.2, 0.25) is 0 Å². The number of H-pyrrole nitrogens is 1. The highest BCUT2D eigenvalue weighted by Gasteiger charge is 2.09. The monoisotopic (exact) mass is 291 g/mol. The Bertz CT molecular complexity index is 856. The SMILES string of the molecule is CC1=Nc2cc(C)ccc2C1.Cc1ccc2nc(C)[nH]c2c1. The number of hydrogen-bond acceptors (Lipinski definition) is 2. The zero-order chi connectivity index (χ0) is 15.7. The molecule has 0 aliphatic carbocycles. The van der Waals surface area contributed by atoms with Crippen molar-refractivity contribution in [2.45, 2.75) is 34.1 Å². The zero-order valence-electron chi connectivity index (χ0n) is 13.6. The Morgan fingerprint density at radius 2 is 1.64 bits per heavy atom. The van der Waals surface area contributed by atoms with Crippen molar-refractivity contribution in [1.82, 2.24) is 9.97 Å². The number of aryl methyl sites for hydroxylation is 3. The third kappa shape index (κ3) is 3.08. The second-order valence-corrected chi connectivity index (χ2v) is 6.00. The number of imidazole rings is 1. The number of benzene rings is 2. The Kier molecular flexibility index (Phi) is 3.80. The standard InChI is InChI=1S/C10H11N.C9H10N2/c1-7-3-4-9-6-8(2)11-10(9)5-7;1-6-3-4-8-9(5-6)11-7(2)10-8/h3-5H,6H2,1-2H3;3-5H,1-2H3,(H,10,11). The van der Waals surface area contributed by atoms with E-state index in [1.807, 2.05) is 13.0 Å². The lowest BCUT2D eigenvalue weighted by atomic mass is 10.1. The van der Waals surface area contributed by atoms with Gasteiger partial charge in [-0.3, -0.25) is 4.99 Å². The summed E-state index contributed by atoms with van der Waals surface area (Å²) in [4.78, 5) is 11.9. The van der Waals surface area contributed by atoms with E-state index in [4.69, 9.17) is 0 Å². The van der Waals surface area contributed by atoms with Crippen LogP contribution in [-0.4, -0.2) is 15.7 Å². The molecular weight excluding hydrogens is 270 g/mol. The van der Waals surface area contributed by atoms with Gasteiger partial charge in [0.2, 0.25) is 0 Å². The van der Waals surface area contributed by atoms with Crippen molar-refractivity contribution < 1.29 is 0 Å². The second kappa shape index (κ2) is 5.76. The Hall–Kier alpha value is -2.42. The molecule has 22 heavy (non-hydrogen) atoms. The molecule has 0 radical (unpaired) electrons. The van der Waals surface area contributed by atoms with Gasteiger partial charge < -0.3 is 4.98 Å². The highest BCUT2D eigenvalue weighted by atomic mass is 14.9. The summed E-state index contributed by atoms with van der Waals surface area (Å²) in [5.41, 5.74) is 8.50. The van der Waals surface area contributed by atoms with Crippen molar-refractivity contribution in [3.63, 3.8) is 0 Å². The summed E-state index contributed by atoms with van der Waals surface area (Å²) < 4.78 is 0. The largest absolute Gasteiger partial charge is 0.342 e. The number of hydrogen-bond donors (Lipinski definition) is 1. The summed E-state index contributed by atoms with van der Waals surface area (Å²) in [5, 5.41) is 0. The Balaban J connectivity index is 0.000000131. The number of nitrogens with one attached hydrogen (secondary N) is 1.